The van der Waals surface area contributed by atoms with Crippen LogP contribution in [0.2, 0.25) is 0 Å². The Kier molecular flexibility index (Phi) is 4.90. The average Bonchev–Trinajstić information content (AvgIpc) is 2.52. The second kappa shape index (κ2) is 6.87. The Hall–Kier alpha value is -2.96. The number of hydrogen-bond donors (Lipinski definition) is 0. The van der Waals surface area contributed by atoms with Crippen LogP contribution in [0.1, 0.15) is 28.4 Å². The maximum atomic E-state index is 12.1. The van der Waals surface area contributed by atoms with Crippen LogP contribution in [0.5, 0.6) is 0 Å². The van der Waals surface area contributed by atoms with E-state index >= 15 is 0 Å². The van der Waals surface area contributed by atoms with Gasteiger partial charge in [0, 0.05) is 11.6 Å². The summed E-state index contributed by atoms with van der Waals surface area (Å²) in [5.41, 5.74) is 1.05. The summed E-state index contributed by atoms with van der Waals surface area (Å²) in [6.07, 6.45) is 1.22. The highest BCUT2D eigenvalue weighted by molar-refractivity contribution is 5.89. The second-order valence-electron chi connectivity index (χ2n) is 4.99. The first-order chi connectivity index (χ1) is 10.9. The Morgan fingerprint density at radius 1 is 1.30 bits per heavy atom. The first-order valence-corrected chi connectivity index (χ1v) is 7.04. The van der Waals surface area contributed by atoms with E-state index < -0.39 is 10.9 Å². The van der Waals surface area contributed by atoms with Crippen LogP contribution < -0.4 is 5.56 Å². The number of hydrogen-bond acceptors (Lipinski definition) is 5. The number of ether oxygens (including phenoxy) is 1. The van der Waals surface area contributed by atoms with Crippen LogP contribution in [0.4, 0.5) is 5.69 Å². The standard InChI is InChI=1S/C16H16N2O5/c1-3-23-16(20)13-6-4-12(5-7-13)9-17-10-14(18(21)22)8-11(2)15(17)19/h4-8,10H,3,9H2,1-2H3. The lowest BCUT2D eigenvalue weighted by molar-refractivity contribution is -0.385. The number of benzene rings is 1. The summed E-state index contributed by atoms with van der Waals surface area (Å²) in [4.78, 5) is 34.0. The van der Waals surface area contributed by atoms with Crippen molar-refractivity contribution in [2.75, 3.05) is 6.61 Å². The van der Waals surface area contributed by atoms with Crippen molar-refractivity contribution >= 4 is 11.7 Å². The lowest BCUT2D eigenvalue weighted by atomic mass is 10.1. The van der Waals surface area contributed by atoms with Crippen molar-refractivity contribution in [2.24, 2.45) is 0 Å². The summed E-state index contributed by atoms with van der Waals surface area (Å²) in [5, 5.41) is 10.9. The maximum absolute atomic E-state index is 12.1. The maximum Gasteiger partial charge on any atom is 0.338 e. The van der Waals surface area contributed by atoms with E-state index in [4.69, 9.17) is 4.74 Å². The molecule has 0 unspecified atom stereocenters. The number of aryl methyl sites for hydroxylation is 1. The van der Waals surface area contributed by atoms with Gasteiger partial charge in [0.15, 0.2) is 0 Å². The van der Waals surface area contributed by atoms with Crippen LogP contribution >= 0.6 is 0 Å². The van der Waals surface area contributed by atoms with Gasteiger partial charge < -0.3 is 9.30 Å². The summed E-state index contributed by atoms with van der Waals surface area (Å²) in [6, 6.07) is 7.83. The molecule has 0 N–H and O–H groups in total. The molecule has 0 bridgehead atoms. The molecule has 120 valence electrons. The van der Waals surface area contributed by atoms with Gasteiger partial charge in [-0.1, -0.05) is 12.1 Å². The molecule has 0 atom stereocenters. The molecule has 0 aliphatic heterocycles. The van der Waals surface area contributed by atoms with Crippen LogP contribution in [0, 0.1) is 17.0 Å². The molecule has 2 aromatic rings. The van der Waals surface area contributed by atoms with Gasteiger partial charge in [-0.2, -0.15) is 0 Å². The van der Waals surface area contributed by atoms with Crippen molar-refractivity contribution in [3.05, 3.63) is 73.7 Å². The van der Waals surface area contributed by atoms with E-state index in [-0.39, 0.29) is 17.8 Å². The highest BCUT2D eigenvalue weighted by atomic mass is 16.6. The molecule has 0 radical (unpaired) electrons. The van der Waals surface area contributed by atoms with E-state index in [1.54, 1.807) is 31.2 Å². The minimum Gasteiger partial charge on any atom is -0.462 e. The van der Waals surface area contributed by atoms with Crippen molar-refractivity contribution in [1.82, 2.24) is 4.57 Å². The predicted molar refractivity (Wildman–Crippen MR) is 83.6 cm³/mol. The molecule has 0 saturated carbocycles. The van der Waals surface area contributed by atoms with Gasteiger partial charge in [0.05, 0.1) is 29.8 Å². The number of esters is 1. The van der Waals surface area contributed by atoms with Crippen molar-refractivity contribution in [3.63, 3.8) is 0 Å². The molecule has 1 aromatic carbocycles. The number of carbonyl (C=O) groups is 1. The smallest absolute Gasteiger partial charge is 0.338 e. The van der Waals surface area contributed by atoms with Crippen LogP contribution in [0.3, 0.4) is 0 Å². The van der Waals surface area contributed by atoms with Gasteiger partial charge in [-0.15, -0.1) is 0 Å². The second-order valence-corrected chi connectivity index (χ2v) is 4.99. The summed E-state index contributed by atoms with van der Waals surface area (Å²) >= 11 is 0. The molecule has 1 aromatic heterocycles. The molecule has 0 spiro atoms. The number of aromatic nitrogens is 1. The molecular formula is C16H16N2O5. The summed E-state index contributed by atoms with van der Waals surface area (Å²) in [7, 11) is 0. The number of nitro groups is 1. The van der Waals surface area contributed by atoms with Crippen LogP contribution in [-0.2, 0) is 11.3 Å². The monoisotopic (exact) mass is 316 g/mol. The highest BCUT2D eigenvalue weighted by Crippen LogP contribution is 2.12. The predicted octanol–water partition coefficient (Wildman–Crippen LogP) is 2.29. The molecule has 7 nitrogen and oxygen atoms in total. The molecule has 0 amide bonds. The van der Waals surface area contributed by atoms with E-state index in [2.05, 4.69) is 0 Å². The van der Waals surface area contributed by atoms with Crippen LogP contribution in [0.25, 0.3) is 0 Å². The summed E-state index contributed by atoms with van der Waals surface area (Å²) < 4.78 is 6.18. The molecule has 23 heavy (non-hydrogen) atoms. The van der Waals surface area contributed by atoms with Gasteiger partial charge in [0.1, 0.15) is 0 Å². The number of nitrogens with zero attached hydrogens (tertiary/aromatic N) is 2. The lowest BCUT2D eigenvalue weighted by Crippen LogP contribution is -2.22. The number of pyridine rings is 1. The fourth-order valence-electron chi connectivity index (χ4n) is 2.14. The van der Waals surface area contributed by atoms with Crippen LogP contribution in [0.15, 0.2) is 41.3 Å². The quantitative estimate of drug-likeness (QED) is 0.479. The Morgan fingerprint density at radius 2 is 1.96 bits per heavy atom. The molecule has 1 heterocycles. The third-order valence-electron chi connectivity index (χ3n) is 3.28. The van der Waals surface area contributed by atoms with E-state index in [0.29, 0.717) is 17.7 Å². The zero-order valence-electron chi connectivity index (χ0n) is 12.8. The third kappa shape index (κ3) is 3.82. The van der Waals surface area contributed by atoms with E-state index in [9.17, 15) is 19.7 Å². The minimum absolute atomic E-state index is 0.134. The van der Waals surface area contributed by atoms with Crippen molar-refractivity contribution in [1.29, 1.82) is 0 Å². The van der Waals surface area contributed by atoms with Crippen molar-refractivity contribution < 1.29 is 14.5 Å². The fraction of sp³-hybridized carbons (Fsp3) is 0.250. The van der Waals surface area contributed by atoms with E-state index in [1.165, 1.54) is 23.8 Å². The van der Waals surface area contributed by atoms with Gasteiger partial charge in [-0.3, -0.25) is 14.9 Å². The Morgan fingerprint density at radius 3 is 2.52 bits per heavy atom. The number of carbonyl (C=O) groups excluding carboxylic acids is 1. The van der Waals surface area contributed by atoms with Crippen molar-refractivity contribution in [3.8, 4) is 0 Å². The van der Waals surface area contributed by atoms with Gasteiger partial charge in [0.25, 0.3) is 11.2 Å². The highest BCUT2D eigenvalue weighted by Gasteiger charge is 2.12. The van der Waals surface area contributed by atoms with Gasteiger partial charge in [-0.05, 0) is 31.5 Å². The van der Waals surface area contributed by atoms with E-state index in [0.717, 1.165) is 5.56 Å². The summed E-state index contributed by atoms with van der Waals surface area (Å²) in [6.45, 7) is 3.74. The summed E-state index contributed by atoms with van der Waals surface area (Å²) in [5.74, 6) is -0.414. The fourth-order valence-corrected chi connectivity index (χ4v) is 2.14. The molecule has 0 aliphatic carbocycles. The Balaban J connectivity index is 2.27. The molecular weight excluding hydrogens is 300 g/mol. The van der Waals surface area contributed by atoms with Gasteiger partial charge in [0.2, 0.25) is 0 Å². The van der Waals surface area contributed by atoms with Crippen LogP contribution in [-0.4, -0.2) is 22.1 Å². The molecule has 7 heteroatoms. The zero-order valence-corrected chi connectivity index (χ0v) is 12.8. The third-order valence-corrected chi connectivity index (χ3v) is 3.28. The average molecular weight is 316 g/mol. The Bertz CT molecular complexity index is 793. The normalized spacial score (nSPS) is 10.3. The molecule has 2 rings (SSSR count). The van der Waals surface area contributed by atoms with E-state index in [1.807, 2.05) is 0 Å². The minimum atomic E-state index is -0.535. The van der Waals surface area contributed by atoms with Crippen molar-refractivity contribution in [2.45, 2.75) is 20.4 Å². The van der Waals surface area contributed by atoms with Gasteiger partial charge in [-0.25, -0.2) is 4.79 Å². The SMILES string of the molecule is CCOC(=O)c1ccc(Cn2cc([N+](=O)[O-])cc(C)c2=O)cc1. The molecule has 0 fully saturated rings. The molecule has 0 saturated heterocycles. The molecule has 0 aliphatic rings. The van der Waals surface area contributed by atoms with Gasteiger partial charge >= 0.3 is 5.97 Å². The number of rotatable bonds is 5. The topological polar surface area (TPSA) is 91.4 Å². The largest absolute Gasteiger partial charge is 0.462 e. The first-order valence-electron chi connectivity index (χ1n) is 7.04. The lowest BCUT2D eigenvalue weighted by Gasteiger charge is -2.08. The zero-order chi connectivity index (χ0) is 17.0. The Labute approximate surface area is 132 Å². The first kappa shape index (κ1) is 16.4.